The van der Waals surface area contributed by atoms with E-state index in [-0.39, 0.29) is 13.8 Å². The molecule has 0 saturated heterocycles. The minimum Gasteiger partial charge on any atom is -0.374 e. The van der Waals surface area contributed by atoms with Gasteiger partial charge in [-0.15, -0.1) is 0 Å². The maximum Gasteiger partial charge on any atom is 0.425 e. The maximum atomic E-state index is 11.4. The quantitative estimate of drug-likeness (QED) is 0.331. The fraction of sp³-hybridized carbons (Fsp3) is 0.455. The maximum absolute atomic E-state index is 11.4. The summed E-state index contributed by atoms with van der Waals surface area (Å²) < 4.78 is 136. The average molecular weight is 548 g/mol. The molecule has 2 aromatic rings. The lowest BCUT2D eigenvalue weighted by Crippen LogP contribution is -2.54. The van der Waals surface area contributed by atoms with Gasteiger partial charge in [0.2, 0.25) is 0 Å². The van der Waals surface area contributed by atoms with Crippen LogP contribution in [0.15, 0.2) is 60.7 Å². The van der Waals surface area contributed by atoms with Gasteiger partial charge in [0.05, 0.1) is 0 Å². The zero-order valence-electron chi connectivity index (χ0n) is 19.2. The molecule has 0 radical (unpaired) electrons. The molecule has 14 heteroatoms. The minimum atomic E-state index is -5.69. The molecule has 208 valence electrons. The highest BCUT2D eigenvalue weighted by Gasteiger charge is 2.67. The predicted molar refractivity (Wildman–Crippen MR) is 108 cm³/mol. The van der Waals surface area contributed by atoms with E-state index in [1.807, 2.05) is 36.4 Å². The van der Waals surface area contributed by atoms with Crippen molar-refractivity contribution in [2.75, 3.05) is 0 Å². The molecular weight excluding hydrogens is 524 g/mol. The highest BCUT2D eigenvalue weighted by Crippen LogP contribution is 2.43. The van der Waals surface area contributed by atoms with E-state index in [0.717, 1.165) is 0 Å². The smallest absolute Gasteiger partial charge is 0.374 e. The van der Waals surface area contributed by atoms with Crippen LogP contribution in [-0.4, -0.2) is 46.1 Å². The minimum absolute atomic E-state index is 0.340. The topological polar surface area (TPSA) is 40.5 Å². The van der Waals surface area contributed by atoms with Crippen LogP contribution < -0.4 is 0 Å². The normalized spacial score (nSPS) is 12.7. The van der Waals surface area contributed by atoms with Crippen molar-refractivity contribution in [2.45, 2.75) is 63.6 Å². The van der Waals surface area contributed by atoms with Crippen molar-refractivity contribution in [2.24, 2.45) is 0 Å². The van der Waals surface area contributed by atoms with Crippen LogP contribution in [0.3, 0.4) is 0 Å². The number of aryl methyl sites for hydroxylation is 2. The molecule has 36 heavy (non-hydrogen) atoms. The molecule has 0 unspecified atom stereocenters. The van der Waals surface area contributed by atoms with Crippen LogP contribution in [0.2, 0.25) is 0 Å². The monoisotopic (exact) mass is 548 g/mol. The van der Waals surface area contributed by atoms with E-state index in [9.17, 15) is 52.7 Å². The largest absolute Gasteiger partial charge is 0.425 e. The van der Waals surface area contributed by atoms with Crippen LogP contribution in [0.1, 0.15) is 25.0 Å². The Morgan fingerprint density at radius 2 is 0.583 bits per heavy atom. The molecule has 0 aliphatic heterocycles. The second-order valence-electron chi connectivity index (χ2n) is 7.44. The molecule has 0 spiro atoms. The second kappa shape index (κ2) is 13.2. The summed E-state index contributed by atoms with van der Waals surface area (Å²) in [6.45, 7) is 3.49. The van der Waals surface area contributed by atoms with Crippen molar-refractivity contribution in [3.05, 3.63) is 71.8 Å². The third-order valence-electron chi connectivity index (χ3n) is 4.09. The number of halogens is 12. The molecule has 2 nitrogen and oxygen atoms in total. The first-order valence-corrected chi connectivity index (χ1v) is 9.54. The van der Waals surface area contributed by atoms with E-state index < -0.39 is 35.9 Å². The summed E-state index contributed by atoms with van der Waals surface area (Å²) >= 11 is 0. The molecule has 2 aromatic carbocycles. The van der Waals surface area contributed by atoms with Crippen molar-refractivity contribution >= 4 is 0 Å². The van der Waals surface area contributed by atoms with Crippen LogP contribution >= 0.6 is 0 Å². The van der Waals surface area contributed by atoms with E-state index >= 15 is 0 Å². The molecule has 2 N–H and O–H groups in total. The summed E-state index contributed by atoms with van der Waals surface area (Å²) in [4.78, 5) is 0. The van der Waals surface area contributed by atoms with Gasteiger partial charge in [0.25, 0.3) is 11.2 Å². The SMILES string of the molecule is CC(O)(C(F)(F)F)C(F)(F)F.CC(O)(C(F)(F)F)C(F)(F)F.Cc1ccccc1.Cc1ccccc1. The zero-order valence-corrected chi connectivity index (χ0v) is 19.2. The summed E-state index contributed by atoms with van der Waals surface area (Å²) in [5, 5.41) is 15.9. The van der Waals surface area contributed by atoms with Gasteiger partial charge in [-0.3, -0.25) is 0 Å². The highest BCUT2D eigenvalue weighted by molar-refractivity contribution is 5.12. The van der Waals surface area contributed by atoms with E-state index in [2.05, 4.69) is 38.1 Å². The number of hydrogen-bond acceptors (Lipinski definition) is 2. The Morgan fingerprint density at radius 3 is 0.639 bits per heavy atom. The van der Waals surface area contributed by atoms with E-state index in [0.29, 0.717) is 0 Å². The Hall–Kier alpha value is -2.48. The molecule has 0 amide bonds. The number of rotatable bonds is 0. The lowest BCUT2D eigenvalue weighted by Gasteiger charge is -2.28. The van der Waals surface area contributed by atoms with Crippen LogP contribution in [0.4, 0.5) is 52.7 Å². The van der Waals surface area contributed by atoms with Crippen LogP contribution in [0, 0.1) is 13.8 Å². The lowest BCUT2D eigenvalue weighted by atomic mass is 10.1. The van der Waals surface area contributed by atoms with Gasteiger partial charge in [0, 0.05) is 0 Å². The Bertz CT molecular complexity index is 746. The molecular formula is C22H24F12O2. The highest BCUT2D eigenvalue weighted by atomic mass is 19.4. The van der Waals surface area contributed by atoms with Gasteiger partial charge in [0.15, 0.2) is 0 Å². The Morgan fingerprint density at radius 1 is 0.417 bits per heavy atom. The van der Waals surface area contributed by atoms with Gasteiger partial charge in [-0.05, 0) is 27.7 Å². The Labute approximate surface area is 199 Å². The fourth-order valence-corrected chi connectivity index (χ4v) is 1.39. The van der Waals surface area contributed by atoms with Crippen LogP contribution in [0.5, 0.6) is 0 Å². The van der Waals surface area contributed by atoms with Gasteiger partial charge in [-0.1, -0.05) is 71.8 Å². The molecule has 0 saturated carbocycles. The van der Waals surface area contributed by atoms with E-state index in [4.69, 9.17) is 10.2 Å². The third-order valence-corrected chi connectivity index (χ3v) is 4.09. The molecule has 0 aromatic heterocycles. The van der Waals surface area contributed by atoms with E-state index in [1.165, 1.54) is 11.1 Å². The Balaban J connectivity index is 0. The number of hydrogen-bond donors (Lipinski definition) is 2. The zero-order chi connectivity index (χ0) is 29.2. The molecule has 2 rings (SSSR count). The standard InChI is InChI=1S/2C7H8.2C4H4F6O/c2*1-7-5-3-2-4-6-7;2*1-2(11,3(5,6)7)4(8,9)10/h2*2-6H,1H3;2*11H,1H3. The fourth-order valence-electron chi connectivity index (χ4n) is 1.39. The summed E-state index contributed by atoms with van der Waals surface area (Å²) in [7, 11) is 0. The first-order valence-electron chi connectivity index (χ1n) is 9.54. The first-order chi connectivity index (χ1) is 15.8. The molecule has 0 heterocycles. The molecule has 0 atom stereocenters. The van der Waals surface area contributed by atoms with Gasteiger partial charge < -0.3 is 10.2 Å². The van der Waals surface area contributed by atoms with Crippen molar-refractivity contribution in [1.29, 1.82) is 0 Å². The number of alkyl halides is 12. The van der Waals surface area contributed by atoms with Gasteiger partial charge in [-0.25, -0.2) is 0 Å². The second-order valence-corrected chi connectivity index (χ2v) is 7.44. The number of aliphatic hydroxyl groups is 2. The molecule has 0 fully saturated rings. The van der Waals surface area contributed by atoms with Gasteiger partial charge in [0.1, 0.15) is 0 Å². The van der Waals surface area contributed by atoms with Crippen molar-refractivity contribution < 1.29 is 62.9 Å². The van der Waals surface area contributed by atoms with Crippen LogP contribution in [-0.2, 0) is 0 Å². The summed E-state index contributed by atoms with van der Waals surface area (Å²) in [6, 6.07) is 20.5. The molecule has 0 aliphatic rings. The van der Waals surface area contributed by atoms with Crippen LogP contribution in [0.25, 0.3) is 0 Å². The first kappa shape index (κ1) is 35.7. The predicted octanol–water partition coefficient (Wildman–Crippen LogP) is 7.71. The lowest BCUT2D eigenvalue weighted by molar-refractivity contribution is -0.361. The van der Waals surface area contributed by atoms with Gasteiger partial charge in [-0.2, -0.15) is 52.7 Å². The Kier molecular flexibility index (Phi) is 13.1. The summed E-state index contributed by atoms with van der Waals surface area (Å²) in [6.07, 6.45) is -22.8. The molecule has 0 aliphatic carbocycles. The molecule has 0 bridgehead atoms. The summed E-state index contributed by atoms with van der Waals surface area (Å²) in [5.74, 6) is 0. The average Bonchev–Trinajstić information content (AvgIpc) is 2.67. The van der Waals surface area contributed by atoms with E-state index in [1.54, 1.807) is 0 Å². The van der Waals surface area contributed by atoms with Gasteiger partial charge >= 0.3 is 24.7 Å². The van der Waals surface area contributed by atoms with Crippen molar-refractivity contribution in [3.8, 4) is 0 Å². The third kappa shape index (κ3) is 12.0. The number of benzene rings is 2. The van der Waals surface area contributed by atoms with Crippen molar-refractivity contribution in [3.63, 3.8) is 0 Å². The summed E-state index contributed by atoms with van der Waals surface area (Å²) in [5.41, 5.74) is -6.61. The van der Waals surface area contributed by atoms with Crippen molar-refractivity contribution in [1.82, 2.24) is 0 Å².